The Bertz CT molecular complexity index is 1540. The summed E-state index contributed by atoms with van der Waals surface area (Å²) in [4.78, 5) is 11.5. The first kappa shape index (κ1) is 30.5. The van der Waals surface area contributed by atoms with E-state index < -0.39 is 40.4 Å². The minimum absolute atomic E-state index is 0.00536. The molecule has 0 bridgehead atoms. The monoisotopic (exact) mass is 612 g/mol. The molecule has 226 valence electrons. The third-order valence-corrected chi connectivity index (χ3v) is 8.25. The van der Waals surface area contributed by atoms with E-state index in [-0.39, 0.29) is 47.6 Å². The first-order valence-corrected chi connectivity index (χ1v) is 14.4. The van der Waals surface area contributed by atoms with Gasteiger partial charge < -0.3 is 29.4 Å². The van der Waals surface area contributed by atoms with Gasteiger partial charge >= 0.3 is 6.09 Å². The number of fused-ring (bicyclic) bond motifs is 1. The lowest BCUT2D eigenvalue weighted by Gasteiger charge is -2.33. The van der Waals surface area contributed by atoms with Crippen LogP contribution in [0.2, 0.25) is 5.02 Å². The van der Waals surface area contributed by atoms with Crippen molar-refractivity contribution in [1.82, 2.24) is 5.32 Å². The Kier molecular flexibility index (Phi) is 9.06. The highest BCUT2D eigenvalue weighted by atomic mass is 35.5. The molecule has 1 amide bonds. The molecule has 4 atom stereocenters. The van der Waals surface area contributed by atoms with Crippen LogP contribution in [0.1, 0.15) is 55.7 Å². The number of carbonyl (C=O) groups is 1. The van der Waals surface area contributed by atoms with E-state index in [1.165, 1.54) is 12.1 Å². The normalized spacial score (nSPS) is 21.8. The van der Waals surface area contributed by atoms with Crippen LogP contribution in [0.5, 0.6) is 11.5 Å². The van der Waals surface area contributed by atoms with Crippen molar-refractivity contribution in [3.05, 3.63) is 81.9 Å². The number of nitriles is 1. The second kappa shape index (κ2) is 12.8. The lowest BCUT2D eigenvalue weighted by atomic mass is 9.77. The van der Waals surface area contributed by atoms with E-state index in [9.17, 15) is 15.2 Å². The van der Waals surface area contributed by atoms with E-state index in [2.05, 4.69) is 5.32 Å². The number of halogens is 3. The number of amides is 1. The van der Waals surface area contributed by atoms with Crippen LogP contribution in [-0.4, -0.2) is 43.4 Å². The molecule has 8 nitrogen and oxygen atoms in total. The average Bonchev–Trinajstić information content (AvgIpc) is 3.28. The van der Waals surface area contributed by atoms with Crippen LogP contribution in [0.4, 0.5) is 13.6 Å². The van der Waals surface area contributed by atoms with E-state index in [0.29, 0.717) is 17.7 Å². The molecule has 3 aromatic carbocycles. The topological polar surface area (TPSA) is 110 Å². The summed E-state index contributed by atoms with van der Waals surface area (Å²) in [5, 5.41) is 21.4. The van der Waals surface area contributed by atoms with E-state index in [4.69, 9.17) is 30.5 Å². The summed E-state index contributed by atoms with van der Waals surface area (Å²) in [6.45, 7) is 3.96. The zero-order chi connectivity index (χ0) is 30.7. The first-order valence-electron chi connectivity index (χ1n) is 14.0. The molecular formula is C32H31ClF2N2O6. The van der Waals surface area contributed by atoms with Gasteiger partial charge in [0.05, 0.1) is 29.3 Å². The minimum Gasteiger partial charge on any atom is -0.488 e. The summed E-state index contributed by atoms with van der Waals surface area (Å²) in [6, 6.07) is 14.7. The summed E-state index contributed by atoms with van der Waals surface area (Å²) < 4.78 is 55.3. The summed E-state index contributed by atoms with van der Waals surface area (Å²) in [6.07, 6.45) is 0.667. The van der Waals surface area contributed by atoms with Gasteiger partial charge in [-0.15, -0.1) is 0 Å². The van der Waals surface area contributed by atoms with Crippen LogP contribution in [0, 0.1) is 23.0 Å². The van der Waals surface area contributed by atoms with Gasteiger partial charge in [0.15, 0.2) is 23.5 Å². The molecule has 0 aliphatic carbocycles. The molecule has 2 N–H and O–H groups in total. The molecule has 2 aliphatic heterocycles. The summed E-state index contributed by atoms with van der Waals surface area (Å²) in [5.74, 6) is -2.56. The fraction of sp³-hybridized carbons (Fsp3) is 0.375. The fourth-order valence-corrected chi connectivity index (χ4v) is 6.00. The van der Waals surface area contributed by atoms with Crippen LogP contribution in [0.3, 0.4) is 0 Å². The van der Waals surface area contributed by atoms with Gasteiger partial charge in [-0.25, -0.2) is 13.6 Å². The highest BCUT2D eigenvalue weighted by Gasteiger charge is 2.50. The van der Waals surface area contributed by atoms with Crippen LogP contribution in [-0.2, 0) is 15.1 Å². The molecular weight excluding hydrogens is 582 g/mol. The maximum atomic E-state index is 16.3. The number of nitrogens with one attached hydrogen (secondary N) is 1. The van der Waals surface area contributed by atoms with Crippen LogP contribution >= 0.6 is 11.6 Å². The van der Waals surface area contributed by atoms with Crippen molar-refractivity contribution in [3.63, 3.8) is 0 Å². The van der Waals surface area contributed by atoms with Crippen molar-refractivity contribution >= 4 is 17.7 Å². The van der Waals surface area contributed by atoms with Crippen molar-refractivity contribution in [2.75, 3.05) is 19.8 Å². The highest BCUT2D eigenvalue weighted by Crippen LogP contribution is 2.56. The van der Waals surface area contributed by atoms with Gasteiger partial charge in [0.1, 0.15) is 18.2 Å². The van der Waals surface area contributed by atoms with Gasteiger partial charge in [-0.1, -0.05) is 48.9 Å². The standard InChI is InChI=1S/C32H31ClF2N2O6/c1-18(42-25-10-6-7-13-40-25)16-41-23-12-11-20(15-36)27(30(23)35)28-26-19(2)32(17-37-31(38)39,21-8-4-3-5-9-21)43-24(26)14-22(34)29(28)33/h3-5,8-9,11-12,14,18-19,25,37H,6-7,10,13,16-17H2,1-2H3,(H,38,39)/t18-,19-,25?,32-/m0/s1. The maximum absolute atomic E-state index is 16.3. The Morgan fingerprint density at radius 1 is 1.23 bits per heavy atom. The van der Waals surface area contributed by atoms with E-state index in [0.717, 1.165) is 25.3 Å². The molecule has 11 heteroatoms. The number of rotatable bonds is 9. The highest BCUT2D eigenvalue weighted by molar-refractivity contribution is 6.34. The van der Waals surface area contributed by atoms with Crippen LogP contribution < -0.4 is 14.8 Å². The van der Waals surface area contributed by atoms with E-state index in [1.807, 2.05) is 6.07 Å². The number of nitrogens with zero attached hydrogens (tertiary/aromatic N) is 1. The lowest BCUT2D eigenvalue weighted by molar-refractivity contribution is -0.189. The van der Waals surface area contributed by atoms with Crippen molar-refractivity contribution < 1.29 is 37.6 Å². The minimum atomic E-state index is -1.32. The van der Waals surface area contributed by atoms with E-state index >= 15 is 8.78 Å². The van der Waals surface area contributed by atoms with Crippen molar-refractivity contribution in [2.45, 2.75) is 57.0 Å². The van der Waals surface area contributed by atoms with Crippen molar-refractivity contribution in [3.8, 4) is 28.7 Å². The molecule has 1 unspecified atom stereocenters. The number of hydrogen-bond donors (Lipinski definition) is 2. The van der Waals surface area contributed by atoms with Crippen LogP contribution in [0.15, 0.2) is 48.5 Å². The van der Waals surface area contributed by atoms with Crippen molar-refractivity contribution in [1.29, 1.82) is 5.26 Å². The molecule has 2 aliphatic rings. The van der Waals surface area contributed by atoms with Crippen LogP contribution in [0.25, 0.3) is 11.1 Å². The Morgan fingerprint density at radius 3 is 2.67 bits per heavy atom. The van der Waals surface area contributed by atoms with Gasteiger partial charge in [-0.2, -0.15) is 5.26 Å². The number of hydrogen-bond acceptors (Lipinski definition) is 6. The second-order valence-corrected chi connectivity index (χ2v) is 11.0. The molecule has 0 aromatic heterocycles. The van der Waals surface area contributed by atoms with Gasteiger partial charge in [0.25, 0.3) is 0 Å². The molecule has 0 radical (unpaired) electrons. The molecule has 43 heavy (non-hydrogen) atoms. The quantitative estimate of drug-likeness (QED) is 0.265. The number of ether oxygens (including phenoxy) is 4. The molecule has 2 heterocycles. The molecule has 0 saturated carbocycles. The SMILES string of the molecule is C[C@@H](COc1ccc(C#N)c(-c2c(Cl)c(F)cc3c2[C@H](C)[C@@](CNC(=O)O)(c2ccccc2)O3)c1F)OC1CCCCO1. The molecule has 1 saturated heterocycles. The van der Waals surface area contributed by atoms with Crippen molar-refractivity contribution in [2.24, 2.45) is 0 Å². The zero-order valence-electron chi connectivity index (χ0n) is 23.7. The smallest absolute Gasteiger partial charge is 0.404 e. The largest absolute Gasteiger partial charge is 0.488 e. The summed E-state index contributed by atoms with van der Waals surface area (Å²) in [5.41, 5.74) is -0.760. The molecule has 0 spiro atoms. The number of carboxylic acid groups (broad SMARTS) is 1. The summed E-state index contributed by atoms with van der Waals surface area (Å²) in [7, 11) is 0. The van der Waals surface area contributed by atoms with Gasteiger partial charge in [-0.3, -0.25) is 0 Å². The second-order valence-electron chi connectivity index (χ2n) is 10.7. The Hall–Kier alpha value is -3.91. The Labute approximate surface area is 253 Å². The summed E-state index contributed by atoms with van der Waals surface area (Å²) >= 11 is 6.54. The third-order valence-electron chi connectivity index (χ3n) is 7.88. The molecule has 3 aromatic rings. The molecule has 1 fully saturated rings. The maximum Gasteiger partial charge on any atom is 0.404 e. The third kappa shape index (κ3) is 5.98. The predicted octanol–water partition coefficient (Wildman–Crippen LogP) is 7.13. The zero-order valence-corrected chi connectivity index (χ0v) is 24.4. The first-order chi connectivity index (χ1) is 20.7. The Morgan fingerprint density at radius 2 is 2.00 bits per heavy atom. The van der Waals surface area contributed by atoms with Gasteiger partial charge in [0, 0.05) is 35.3 Å². The lowest BCUT2D eigenvalue weighted by Crippen LogP contribution is -2.45. The molecule has 5 rings (SSSR count). The average molecular weight is 613 g/mol. The predicted molar refractivity (Wildman–Crippen MR) is 154 cm³/mol. The fourth-order valence-electron chi connectivity index (χ4n) is 5.75. The number of benzene rings is 3. The van der Waals surface area contributed by atoms with E-state index in [1.54, 1.807) is 44.2 Å². The Balaban J connectivity index is 1.56. The van der Waals surface area contributed by atoms with Gasteiger partial charge in [0.2, 0.25) is 0 Å². The van der Waals surface area contributed by atoms with Gasteiger partial charge in [-0.05, 0) is 43.9 Å².